The lowest BCUT2D eigenvalue weighted by Crippen LogP contribution is -2.30. The van der Waals surface area contributed by atoms with Gasteiger partial charge in [0.1, 0.15) is 5.75 Å². The summed E-state index contributed by atoms with van der Waals surface area (Å²) in [5.41, 5.74) is 1.03. The minimum absolute atomic E-state index is 0.172. The van der Waals surface area contributed by atoms with Crippen LogP contribution in [-0.4, -0.2) is 44.2 Å². The van der Waals surface area contributed by atoms with E-state index in [1.807, 2.05) is 0 Å². The Bertz CT molecular complexity index is 954. The molecular weight excluding hydrogens is 394 g/mol. The first-order valence-corrected chi connectivity index (χ1v) is 10.6. The number of carbonyl (C=O) groups excluding carboxylic acids is 2. The van der Waals surface area contributed by atoms with Crippen LogP contribution in [-0.2, 0) is 19.6 Å². The van der Waals surface area contributed by atoms with Crippen molar-refractivity contribution >= 4 is 33.2 Å². The molecule has 2 aromatic carbocycles. The third-order valence-electron chi connectivity index (χ3n) is 4.01. The number of nitrogens with one attached hydrogen (secondary N) is 2. The molecule has 2 N–H and O–H groups in total. The molecule has 0 aromatic heterocycles. The van der Waals surface area contributed by atoms with Crippen molar-refractivity contribution in [1.82, 2.24) is 4.31 Å². The second-order valence-electron chi connectivity index (χ2n) is 6.16. The SMILES string of the molecule is CCN(CC)S(=O)(=O)c1ccc(NC(=O)COc2cccc(NC(C)=O)c2)cc1. The lowest BCUT2D eigenvalue weighted by Gasteiger charge is -2.18. The minimum Gasteiger partial charge on any atom is -0.484 e. The average Bonchev–Trinajstić information content (AvgIpc) is 2.67. The Kier molecular flexibility index (Phi) is 7.74. The van der Waals surface area contributed by atoms with Gasteiger partial charge in [0.05, 0.1) is 4.90 Å². The molecule has 0 aliphatic carbocycles. The second kappa shape index (κ2) is 10.0. The maximum absolute atomic E-state index is 12.5. The summed E-state index contributed by atoms with van der Waals surface area (Å²) in [7, 11) is -3.54. The number of hydrogen-bond acceptors (Lipinski definition) is 5. The van der Waals surface area contributed by atoms with Crippen molar-refractivity contribution in [3.8, 4) is 5.75 Å². The van der Waals surface area contributed by atoms with E-state index in [-0.39, 0.29) is 17.4 Å². The number of rotatable bonds is 9. The number of sulfonamides is 1. The molecule has 0 aliphatic rings. The topological polar surface area (TPSA) is 105 Å². The van der Waals surface area contributed by atoms with Gasteiger partial charge in [-0.25, -0.2) is 8.42 Å². The number of hydrogen-bond donors (Lipinski definition) is 2. The monoisotopic (exact) mass is 419 g/mol. The van der Waals surface area contributed by atoms with Crippen molar-refractivity contribution in [2.75, 3.05) is 30.3 Å². The number of benzene rings is 2. The molecule has 29 heavy (non-hydrogen) atoms. The number of amides is 2. The lowest BCUT2D eigenvalue weighted by molar-refractivity contribution is -0.118. The highest BCUT2D eigenvalue weighted by molar-refractivity contribution is 7.89. The highest BCUT2D eigenvalue weighted by Gasteiger charge is 2.21. The summed E-state index contributed by atoms with van der Waals surface area (Å²) in [6.45, 7) is 5.50. The van der Waals surface area contributed by atoms with E-state index >= 15 is 0 Å². The van der Waals surface area contributed by atoms with Crippen LogP contribution in [0, 0.1) is 0 Å². The van der Waals surface area contributed by atoms with Gasteiger partial charge in [-0.2, -0.15) is 4.31 Å². The average molecular weight is 420 g/mol. The van der Waals surface area contributed by atoms with Crippen LogP contribution in [0.1, 0.15) is 20.8 Å². The van der Waals surface area contributed by atoms with Gasteiger partial charge in [-0.3, -0.25) is 9.59 Å². The summed E-state index contributed by atoms with van der Waals surface area (Å²) in [4.78, 5) is 23.4. The molecule has 0 saturated carbocycles. The molecule has 156 valence electrons. The van der Waals surface area contributed by atoms with Crippen LogP contribution in [0.5, 0.6) is 5.75 Å². The molecule has 0 heterocycles. The Hall–Kier alpha value is -2.91. The van der Waals surface area contributed by atoms with Gasteiger partial charge in [0.2, 0.25) is 15.9 Å². The van der Waals surface area contributed by atoms with Gasteiger partial charge in [-0.05, 0) is 36.4 Å². The van der Waals surface area contributed by atoms with Crippen LogP contribution < -0.4 is 15.4 Å². The largest absolute Gasteiger partial charge is 0.484 e. The fourth-order valence-corrected chi connectivity index (χ4v) is 4.09. The molecule has 0 spiro atoms. The van der Waals surface area contributed by atoms with Crippen molar-refractivity contribution in [2.45, 2.75) is 25.7 Å². The third kappa shape index (κ3) is 6.30. The van der Waals surface area contributed by atoms with E-state index < -0.39 is 15.9 Å². The number of anilines is 2. The number of nitrogens with zero attached hydrogens (tertiary/aromatic N) is 1. The minimum atomic E-state index is -3.54. The second-order valence-corrected chi connectivity index (χ2v) is 8.10. The molecule has 2 aromatic rings. The summed E-state index contributed by atoms with van der Waals surface area (Å²) in [6.07, 6.45) is 0. The van der Waals surface area contributed by atoms with Crippen LogP contribution in [0.3, 0.4) is 0 Å². The predicted octanol–water partition coefficient (Wildman–Crippen LogP) is 2.69. The van der Waals surface area contributed by atoms with Crippen molar-refractivity contribution < 1.29 is 22.7 Å². The van der Waals surface area contributed by atoms with E-state index in [2.05, 4.69) is 10.6 Å². The van der Waals surface area contributed by atoms with E-state index in [0.717, 1.165) is 0 Å². The zero-order valence-corrected chi connectivity index (χ0v) is 17.5. The molecule has 0 bridgehead atoms. The van der Waals surface area contributed by atoms with Gasteiger partial charge in [0.25, 0.3) is 5.91 Å². The Morgan fingerprint density at radius 2 is 1.62 bits per heavy atom. The molecule has 2 rings (SSSR count). The van der Waals surface area contributed by atoms with E-state index in [9.17, 15) is 18.0 Å². The van der Waals surface area contributed by atoms with Crippen LogP contribution >= 0.6 is 0 Å². The molecule has 0 aliphatic heterocycles. The summed E-state index contributed by atoms with van der Waals surface area (Å²) < 4.78 is 31.7. The number of carbonyl (C=O) groups is 2. The van der Waals surface area contributed by atoms with E-state index in [0.29, 0.717) is 30.2 Å². The fourth-order valence-electron chi connectivity index (χ4n) is 2.64. The maximum Gasteiger partial charge on any atom is 0.262 e. The predicted molar refractivity (Wildman–Crippen MR) is 111 cm³/mol. The molecule has 8 nitrogen and oxygen atoms in total. The molecule has 0 radical (unpaired) electrons. The Labute approximate surface area is 170 Å². The van der Waals surface area contributed by atoms with Gasteiger partial charge >= 0.3 is 0 Å². The smallest absolute Gasteiger partial charge is 0.262 e. The molecule has 0 saturated heterocycles. The molecule has 0 unspecified atom stereocenters. The van der Waals surface area contributed by atoms with Gasteiger partial charge < -0.3 is 15.4 Å². The van der Waals surface area contributed by atoms with Crippen LogP contribution in [0.15, 0.2) is 53.4 Å². The summed E-state index contributed by atoms with van der Waals surface area (Å²) >= 11 is 0. The van der Waals surface area contributed by atoms with Crippen molar-refractivity contribution in [2.24, 2.45) is 0 Å². The molecular formula is C20H25N3O5S. The van der Waals surface area contributed by atoms with Gasteiger partial charge in [-0.1, -0.05) is 19.9 Å². The first kappa shape index (κ1) is 22.4. The van der Waals surface area contributed by atoms with E-state index in [4.69, 9.17) is 4.74 Å². The summed E-state index contributed by atoms with van der Waals surface area (Å²) in [5.74, 6) is -0.160. The van der Waals surface area contributed by atoms with Crippen LogP contribution in [0.25, 0.3) is 0 Å². The van der Waals surface area contributed by atoms with Crippen molar-refractivity contribution in [3.63, 3.8) is 0 Å². The Morgan fingerprint density at radius 3 is 2.21 bits per heavy atom. The molecule has 9 heteroatoms. The van der Waals surface area contributed by atoms with Crippen LogP contribution in [0.4, 0.5) is 11.4 Å². The molecule has 0 fully saturated rings. The zero-order chi connectivity index (χ0) is 21.4. The molecule has 0 atom stereocenters. The molecule has 2 amide bonds. The fraction of sp³-hybridized carbons (Fsp3) is 0.300. The third-order valence-corrected chi connectivity index (χ3v) is 6.07. The Morgan fingerprint density at radius 1 is 0.966 bits per heavy atom. The van der Waals surface area contributed by atoms with E-state index in [1.165, 1.54) is 35.5 Å². The lowest BCUT2D eigenvalue weighted by atomic mass is 10.3. The zero-order valence-electron chi connectivity index (χ0n) is 16.6. The normalized spacial score (nSPS) is 11.2. The highest BCUT2D eigenvalue weighted by atomic mass is 32.2. The highest BCUT2D eigenvalue weighted by Crippen LogP contribution is 2.19. The first-order chi connectivity index (χ1) is 13.8. The van der Waals surface area contributed by atoms with Crippen LogP contribution in [0.2, 0.25) is 0 Å². The van der Waals surface area contributed by atoms with Crippen molar-refractivity contribution in [3.05, 3.63) is 48.5 Å². The Balaban J connectivity index is 1.95. The van der Waals surface area contributed by atoms with E-state index in [1.54, 1.807) is 38.1 Å². The van der Waals surface area contributed by atoms with Gasteiger partial charge in [0, 0.05) is 37.5 Å². The summed E-state index contributed by atoms with van der Waals surface area (Å²) in [6, 6.07) is 12.7. The number of ether oxygens (including phenoxy) is 1. The quantitative estimate of drug-likeness (QED) is 0.650. The van der Waals surface area contributed by atoms with Gasteiger partial charge in [0.15, 0.2) is 6.61 Å². The standard InChI is InChI=1S/C20H25N3O5S/c1-4-23(5-2)29(26,27)19-11-9-16(10-12-19)22-20(25)14-28-18-8-6-7-17(13-18)21-15(3)24/h6-13H,4-5,14H2,1-3H3,(H,21,24)(H,22,25). The maximum atomic E-state index is 12.5. The van der Waals surface area contributed by atoms with Crippen molar-refractivity contribution in [1.29, 1.82) is 0 Å². The van der Waals surface area contributed by atoms with Gasteiger partial charge in [-0.15, -0.1) is 0 Å². The first-order valence-electron chi connectivity index (χ1n) is 9.16. The summed E-state index contributed by atoms with van der Waals surface area (Å²) in [5, 5.41) is 5.29.